The van der Waals surface area contributed by atoms with Gasteiger partial charge in [-0.2, -0.15) is 5.10 Å². The summed E-state index contributed by atoms with van der Waals surface area (Å²) in [6.45, 7) is 0. The minimum atomic E-state index is -0.116. The van der Waals surface area contributed by atoms with Crippen molar-refractivity contribution >= 4 is 0 Å². The largest absolute Gasteiger partial charge is 0.393 e. The standard InChI is InChI=1S/C15H24N2O/c1-17-10-12(9-16-17)3-5-15(18)8-14-7-11-2-4-13(14)6-11/h9-11,13-15,18H,2-8H2,1H3. The minimum absolute atomic E-state index is 0.116. The van der Waals surface area contributed by atoms with Gasteiger partial charge in [0.05, 0.1) is 12.3 Å². The highest BCUT2D eigenvalue weighted by molar-refractivity contribution is 5.03. The second-order valence-corrected chi connectivity index (χ2v) is 6.39. The van der Waals surface area contributed by atoms with Crippen LogP contribution in [-0.2, 0) is 13.5 Å². The van der Waals surface area contributed by atoms with Gasteiger partial charge in [0.2, 0.25) is 0 Å². The second kappa shape index (κ2) is 5.04. The molecule has 1 heterocycles. The number of aliphatic hydroxyl groups is 1. The van der Waals surface area contributed by atoms with Gasteiger partial charge in [-0.25, -0.2) is 0 Å². The molecule has 1 aromatic heterocycles. The van der Waals surface area contributed by atoms with E-state index in [2.05, 4.69) is 5.10 Å². The van der Waals surface area contributed by atoms with E-state index in [1.54, 1.807) is 0 Å². The van der Waals surface area contributed by atoms with Gasteiger partial charge in [0.1, 0.15) is 0 Å². The van der Waals surface area contributed by atoms with Crippen molar-refractivity contribution in [3.8, 4) is 0 Å². The number of hydrogen-bond donors (Lipinski definition) is 1. The molecule has 0 saturated heterocycles. The van der Waals surface area contributed by atoms with Gasteiger partial charge in [-0.1, -0.05) is 6.42 Å². The molecule has 0 aliphatic heterocycles. The number of aromatic nitrogens is 2. The van der Waals surface area contributed by atoms with Crippen molar-refractivity contribution in [3.63, 3.8) is 0 Å². The van der Waals surface area contributed by atoms with Gasteiger partial charge in [-0.05, 0) is 61.8 Å². The van der Waals surface area contributed by atoms with E-state index >= 15 is 0 Å². The van der Waals surface area contributed by atoms with Gasteiger partial charge in [-0.15, -0.1) is 0 Å². The first kappa shape index (κ1) is 12.2. The zero-order valence-corrected chi connectivity index (χ0v) is 11.3. The summed E-state index contributed by atoms with van der Waals surface area (Å²) in [6, 6.07) is 0. The maximum atomic E-state index is 10.2. The van der Waals surface area contributed by atoms with Crippen molar-refractivity contribution < 1.29 is 5.11 Å². The maximum absolute atomic E-state index is 10.2. The predicted molar refractivity (Wildman–Crippen MR) is 71.1 cm³/mol. The third-order valence-corrected chi connectivity index (χ3v) is 4.98. The Bertz CT molecular complexity index is 401. The van der Waals surface area contributed by atoms with Crippen molar-refractivity contribution in [2.75, 3.05) is 0 Å². The molecule has 2 saturated carbocycles. The SMILES string of the molecule is Cn1cc(CCC(O)CC2CC3CCC2C3)cn1. The van der Waals surface area contributed by atoms with Gasteiger partial charge < -0.3 is 5.11 Å². The molecule has 100 valence electrons. The summed E-state index contributed by atoms with van der Waals surface area (Å²) in [7, 11) is 1.94. The Balaban J connectivity index is 1.43. The van der Waals surface area contributed by atoms with Crippen LogP contribution in [0.3, 0.4) is 0 Å². The molecule has 0 radical (unpaired) electrons. The molecule has 3 nitrogen and oxygen atoms in total. The monoisotopic (exact) mass is 248 g/mol. The second-order valence-electron chi connectivity index (χ2n) is 6.39. The number of nitrogens with zero attached hydrogens (tertiary/aromatic N) is 2. The van der Waals surface area contributed by atoms with Gasteiger partial charge in [0.25, 0.3) is 0 Å². The summed E-state index contributed by atoms with van der Waals surface area (Å²) < 4.78 is 1.83. The summed E-state index contributed by atoms with van der Waals surface area (Å²) in [4.78, 5) is 0. The minimum Gasteiger partial charge on any atom is -0.393 e. The van der Waals surface area contributed by atoms with Crippen molar-refractivity contribution in [2.24, 2.45) is 24.8 Å². The number of aliphatic hydroxyl groups excluding tert-OH is 1. The lowest BCUT2D eigenvalue weighted by molar-refractivity contribution is 0.117. The molecule has 2 fully saturated rings. The number of rotatable bonds is 5. The molecule has 4 unspecified atom stereocenters. The van der Waals surface area contributed by atoms with Crippen LogP contribution in [0.2, 0.25) is 0 Å². The molecule has 2 bridgehead atoms. The summed E-state index contributed by atoms with van der Waals surface area (Å²) >= 11 is 0. The Kier molecular flexibility index (Phi) is 3.42. The highest BCUT2D eigenvalue weighted by Gasteiger charge is 2.39. The fourth-order valence-corrected chi connectivity index (χ4v) is 4.07. The van der Waals surface area contributed by atoms with Crippen LogP contribution in [0.4, 0.5) is 0 Å². The quantitative estimate of drug-likeness (QED) is 0.869. The molecule has 0 aromatic carbocycles. The Labute approximate surface area is 109 Å². The maximum Gasteiger partial charge on any atom is 0.0546 e. The third kappa shape index (κ3) is 2.61. The van der Waals surface area contributed by atoms with Crippen molar-refractivity contribution in [3.05, 3.63) is 18.0 Å². The van der Waals surface area contributed by atoms with Gasteiger partial charge in [0.15, 0.2) is 0 Å². The van der Waals surface area contributed by atoms with Gasteiger partial charge in [-0.3, -0.25) is 4.68 Å². The molecular formula is C15H24N2O. The molecule has 4 atom stereocenters. The van der Waals surface area contributed by atoms with E-state index in [1.807, 2.05) is 24.1 Å². The summed E-state index contributed by atoms with van der Waals surface area (Å²) in [5, 5.41) is 14.3. The van der Waals surface area contributed by atoms with Crippen LogP contribution >= 0.6 is 0 Å². The van der Waals surface area contributed by atoms with Crippen LogP contribution in [0.25, 0.3) is 0 Å². The highest BCUT2D eigenvalue weighted by Crippen LogP contribution is 2.50. The van der Waals surface area contributed by atoms with Crippen LogP contribution in [-0.4, -0.2) is 21.0 Å². The Morgan fingerprint density at radius 2 is 2.33 bits per heavy atom. The lowest BCUT2D eigenvalue weighted by Crippen LogP contribution is -2.19. The average Bonchev–Trinajstić information content (AvgIpc) is 3.03. The molecule has 2 aliphatic rings. The Morgan fingerprint density at radius 3 is 2.94 bits per heavy atom. The van der Waals surface area contributed by atoms with Crippen molar-refractivity contribution in [1.82, 2.24) is 9.78 Å². The first-order valence-corrected chi connectivity index (χ1v) is 7.36. The smallest absolute Gasteiger partial charge is 0.0546 e. The van der Waals surface area contributed by atoms with Crippen LogP contribution in [0.5, 0.6) is 0 Å². The fourth-order valence-electron chi connectivity index (χ4n) is 4.07. The Hall–Kier alpha value is -0.830. The molecule has 3 heteroatoms. The highest BCUT2D eigenvalue weighted by atomic mass is 16.3. The Morgan fingerprint density at radius 1 is 1.44 bits per heavy atom. The number of hydrogen-bond acceptors (Lipinski definition) is 2. The lowest BCUT2D eigenvalue weighted by Gasteiger charge is -2.24. The topological polar surface area (TPSA) is 38.0 Å². The average molecular weight is 248 g/mol. The van der Waals surface area contributed by atoms with E-state index in [4.69, 9.17) is 0 Å². The van der Waals surface area contributed by atoms with E-state index < -0.39 is 0 Å². The van der Waals surface area contributed by atoms with E-state index in [1.165, 1.54) is 31.2 Å². The predicted octanol–water partition coefficient (Wildman–Crippen LogP) is 2.54. The van der Waals surface area contributed by atoms with E-state index in [9.17, 15) is 5.11 Å². The number of aryl methyl sites for hydroxylation is 2. The van der Waals surface area contributed by atoms with Gasteiger partial charge >= 0.3 is 0 Å². The molecule has 2 aliphatic carbocycles. The van der Waals surface area contributed by atoms with E-state index in [0.29, 0.717) is 0 Å². The molecule has 18 heavy (non-hydrogen) atoms. The fraction of sp³-hybridized carbons (Fsp3) is 0.800. The zero-order chi connectivity index (χ0) is 12.5. The van der Waals surface area contributed by atoms with Crippen LogP contribution < -0.4 is 0 Å². The summed E-state index contributed by atoms with van der Waals surface area (Å²) in [5.41, 5.74) is 1.24. The zero-order valence-electron chi connectivity index (χ0n) is 11.3. The van der Waals surface area contributed by atoms with E-state index in [0.717, 1.165) is 37.0 Å². The normalized spacial score (nSPS) is 32.0. The lowest BCUT2D eigenvalue weighted by atomic mass is 9.84. The van der Waals surface area contributed by atoms with E-state index in [-0.39, 0.29) is 6.10 Å². The first-order valence-electron chi connectivity index (χ1n) is 7.36. The van der Waals surface area contributed by atoms with Crippen LogP contribution in [0.1, 0.15) is 44.1 Å². The van der Waals surface area contributed by atoms with Crippen LogP contribution in [0.15, 0.2) is 12.4 Å². The first-order chi connectivity index (χ1) is 8.70. The van der Waals surface area contributed by atoms with Crippen LogP contribution in [0, 0.1) is 17.8 Å². The van der Waals surface area contributed by atoms with Crippen molar-refractivity contribution in [1.29, 1.82) is 0 Å². The molecule has 1 aromatic rings. The molecule has 3 rings (SSSR count). The number of fused-ring (bicyclic) bond motifs is 2. The molecule has 0 amide bonds. The molecular weight excluding hydrogens is 224 g/mol. The third-order valence-electron chi connectivity index (χ3n) is 4.98. The summed E-state index contributed by atoms with van der Waals surface area (Å²) in [5.74, 6) is 2.74. The molecule has 1 N–H and O–H groups in total. The molecule has 0 spiro atoms. The van der Waals surface area contributed by atoms with Crippen molar-refractivity contribution in [2.45, 2.75) is 51.0 Å². The summed E-state index contributed by atoms with van der Waals surface area (Å²) in [6.07, 6.45) is 12.4. The van der Waals surface area contributed by atoms with Gasteiger partial charge in [0, 0.05) is 13.2 Å².